The Labute approximate surface area is 221 Å². The molecule has 0 unspecified atom stereocenters. The Balaban J connectivity index is 1.64. The van der Waals surface area contributed by atoms with Crippen LogP contribution in [0, 0.1) is 6.92 Å². The van der Waals surface area contributed by atoms with E-state index in [0.29, 0.717) is 0 Å². The van der Waals surface area contributed by atoms with Gasteiger partial charge in [0.1, 0.15) is 0 Å². The molecule has 1 heterocycles. The van der Waals surface area contributed by atoms with Crippen LogP contribution in [-0.2, 0) is 5.54 Å². The zero-order valence-corrected chi connectivity index (χ0v) is 21.0. The zero-order chi connectivity index (χ0) is 26.0. The molecule has 4 heteroatoms. The van der Waals surface area contributed by atoms with Crippen LogP contribution in [0.15, 0.2) is 149 Å². The average Bonchev–Trinajstić information content (AvgIpc) is 3.37. The van der Waals surface area contributed by atoms with Gasteiger partial charge in [-0.25, -0.2) is 4.79 Å². The molecule has 0 saturated heterocycles. The molecule has 0 radical (unpaired) electrons. The lowest BCUT2D eigenvalue weighted by Crippen LogP contribution is -2.42. The van der Waals surface area contributed by atoms with Gasteiger partial charge in [-0.05, 0) is 40.8 Å². The van der Waals surface area contributed by atoms with Crippen molar-refractivity contribution in [3.05, 3.63) is 172 Å². The number of rotatable bonds is 6. The Morgan fingerprint density at radius 3 is 1.53 bits per heavy atom. The number of aryl methyl sites for hydroxylation is 1. The maximum atomic E-state index is 13.8. The summed E-state index contributed by atoms with van der Waals surface area (Å²) in [5.41, 5.74) is 5.09. The van der Waals surface area contributed by atoms with E-state index in [2.05, 4.69) is 36.2 Å². The molecule has 0 amide bonds. The van der Waals surface area contributed by atoms with E-state index in [0.717, 1.165) is 33.4 Å². The minimum atomic E-state index is -1.06. The van der Waals surface area contributed by atoms with Gasteiger partial charge in [0.15, 0.2) is 5.54 Å². The monoisotopic (exact) mass is 494 g/mol. The number of hydrogen-bond donors (Lipinski definition) is 0. The van der Waals surface area contributed by atoms with Crippen molar-refractivity contribution >= 4 is 0 Å². The molecular weight excluding hydrogens is 468 g/mol. The predicted molar refractivity (Wildman–Crippen MR) is 151 cm³/mol. The number of benzene rings is 5. The van der Waals surface area contributed by atoms with Crippen molar-refractivity contribution in [2.24, 2.45) is 0 Å². The molecule has 38 heavy (non-hydrogen) atoms. The highest BCUT2D eigenvalue weighted by Crippen LogP contribution is 2.41. The highest BCUT2D eigenvalue weighted by molar-refractivity contribution is 5.79. The minimum absolute atomic E-state index is 0.276. The summed E-state index contributed by atoms with van der Waals surface area (Å²) in [6, 6.07) is 46.1. The summed E-state index contributed by atoms with van der Waals surface area (Å²) in [5.74, 6) is 0.276. The van der Waals surface area contributed by atoms with Gasteiger partial charge in [-0.2, -0.15) is 4.98 Å². The molecule has 5 aromatic carbocycles. The topological polar surface area (TPSA) is 48.0 Å². The minimum Gasteiger partial charge on any atom is -0.352 e. The van der Waals surface area contributed by atoms with Crippen LogP contribution in [0.5, 0.6) is 0 Å². The number of aromatic nitrogens is 2. The van der Waals surface area contributed by atoms with E-state index >= 15 is 0 Å². The summed E-state index contributed by atoms with van der Waals surface area (Å²) in [5, 5.41) is 0. The van der Waals surface area contributed by atoms with Gasteiger partial charge in [-0.1, -0.05) is 139 Å². The van der Waals surface area contributed by atoms with Gasteiger partial charge in [0.2, 0.25) is 0 Å². The Morgan fingerprint density at radius 1 is 0.579 bits per heavy atom. The van der Waals surface area contributed by atoms with Gasteiger partial charge in [-0.3, -0.25) is 0 Å². The average molecular weight is 495 g/mol. The molecule has 6 aromatic rings. The first-order valence-corrected chi connectivity index (χ1v) is 12.6. The first-order chi connectivity index (χ1) is 18.7. The van der Waals surface area contributed by atoms with Crippen molar-refractivity contribution in [3.63, 3.8) is 0 Å². The van der Waals surface area contributed by atoms with Crippen LogP contribution in [-0.4, -0.2) is 9.72 Å². The summed E-state index contributed by atoms with van der Waals surface area (Å²) in [6.07, 6.45) is 0. The maximum absolute atomic E-state index is 13.8. The lowest BCUT2D eigenvalue weighted by Gasteiger charge is -2.34. The highest BCUT2D eigenvalue weighted by atomic mass is 16.5. The molecule has 184 valence electrons. The quantitative estimate of drug-likeness (QED) is 0.228. The predicted octanol–water partition coefficient (Wildman–Crippen LogP) is 7.32. The van der Waals surface area contributed by atoms with E-state index in [4.69, 9.17) is 4.52 Å². The fraction of sp³-hybridized carbons (Fsp3) is 0.0588. The number of nitrogens with zero attached hydrogens (tertiary/aromatic N) is 2. The Kier molecular flexibility index (Phi) is 6.06. The lowest BCUT2D eigenvalue weighted by molar-refractivity contribution is 0.210. The molecule has 0 N–H and O–H groups in total. The van der Waals surface area contributed by atoms with Crippen molar-refractivity contribution < 1.29 is 4.52 Å². The molecule has 0 aliphatic rings. The van der Waals surface area contributed by atoms with E-state index < -0.39 is 11.2 Å². The normalized spacial score (nSPS) is 11.4. The van der Waals surface area contributed by atoms with Crippen molar-refractivity contribution in [1.29, 1.82) is 0 Å². The second-order valence-corrected chi connectivity index (χ2v) is 9.31. The molecule has 0 spiro atoms. The van der Waals surface area contributed by atoms with Crippen molar-refractivity contribution in [2.45, 2.75) is 12.5 Å². The van der Waals surface area contributed by atoms with Crippen LogP contribution in [0.1, 0.15) is 22.3 Å². The van der Waals surface area contributed by atoms with Crippen LogP contribution >= 0.6 is 0 Å². The third kappa shape index (κ3) is 3.97. The van der Waals surface area contributed by atoms with Gasteiger partial charge >= 0.3 is 5.69 Å². The number of hydrogen-bond acceptors (Lipinski definition) is 3. The fourth-order valence-corrected chi connectivity index (χ4v) is 5.14. The first kappa shape index (κ1) is 23.4. The van der Waals surface area contributed by atoms with E-state index in [1.165, 1.54) is 10.3 Å². The SMILES string of the molecule is Cc1ccc(-c2ccccc2-c2nc(=O)n(C(c3ccccc3)(c3ccccc3)c3ccccc3)o2)cc1. The lowest BCUT2D eigenvalue weighted by atomic mass is 9.77. The van der Waals surface area contributed by atoms with Crippen LogP contribution in [0.2, 0.25) is 0 Å². The van der Waals surface area contributed by atoms with Crippen molar-refractivity contribution in [3.8, 4) is 22.6 Å². The van der Waals surface area contributed by atoms with E-state index in [1.54, 1.807) is 0 Å². The van der Waals surface area contributed by atoms with E-state index in [-0.39, 0.29) is 5.89 Å². The van der Waals surface area contributed by atoms with Crippen molar-refractivity contribution in [2.75, 3.05) is 0 Å². The molecule has 4 nitrogen and oxygen atoms in total. The standard InChI is InChI=1S/C34H26N2O2/c1-25-21-23-26(24-22-25)30-19-11-12-20-31(30)32-35-33(37)36(38-32)34(27-13-5-2-6-14-27,28-15-7-3-8-16-28)29-17-9-4-10-18-29/h2-24H,1H3. The van der Waals surface area contributed by atoms with Gasteiger partial charge in [0.05, 0.1) is 0 Å². The Bertz CT molecular complexity index is 1620. The molecule has 6 rings (SSSR count). The third-order valence-corrected chi connectivity index (χ3v) is 6.95. The molecular formula is C34H26N2O2. The maximum Gasteiger partial charge on any atom is 0.381 e. The van der Waals surface area contributed by atoms with E-state index in [9.17, 15) is 4.79 Å². The van der Waals surface area contributed by atoms with Gasteiger partial charge in [0, 0.05) is 5.56 Å². The summed E-state index contributed by atoms with van der Waals surface area (Å²) in [4.78, 5) is 18.3. The summed E-state index contributed by atoms with van der Waals surface area (Å²) in [6.45, 7) is 2.06. The van der Waals surface area contributed by atoms with Crippen LogP contribution in [0.4, 0.5) is 0 Å². The van der Waals surface area contributed by atoms with Gasteiger partial charge in [0.25, 0.3) is 5.89 Å². The molecule has 0 bridgehead atoms. The van der Waals surface area contributed by atoms with Crippen LogP contribution < -0.4 is 5.69 Å². The van der Waals surface area contributed by atoms with Crippen molar-refractivity contribution in [1.82, 2.24) is 9.72 Å². The molecule has 1 aromatic heterocycles. The Hall–Kier alpha value is -4.96. The second-order valence-electron chi connectivity index (χ2n) is 9.31. The molecule has 0 fully saturated rings. The summed E-state index contributed by atoms with van der Waals surface area (Å²) < 4.78 is 7.93. The Morgan fingerprint density at radius 2 is 1.03 bits per heavy atom. The molecule has 0 saturated carbocycles. The van der Waals surface area contributed by atoms with Gasteiger partial charge < -0.3 is 4.52 Å². The summed E-state index contributed by atoms with van der Waals surface area (Å²) >= 11 is 0. The third-order valence-electron chi connectivity index (χ3n) is 6.95. The van der Waals surface area contributed by atoms with Crippen LogP contribution in [0.25, 0.3) is 22.6 Å². The molecule has 0 atom stereocenters. The smallest absolute Gasteiger partial charge is 0.352 e. The fourth-order valence-electron chi connectivity index (χ4n) is 5.14. The molecule has 0 aliphatic heterocycles. The highest BCUT2D eigenvalue weighted by Gasteiger charge is 2.42. The first-order valence-electron chi connectivity index (χ1n) is 12.6. The zero-order valence-electron chi connectivity index (χ0n) is 21.0. The second kappa shape index (κ2) is 9.83. The van der Waals surface area contributed by atoms with E-state index in [1.807, 2.05) is 115 Å². The van der Waals surface area contributed by atoms with Crippen LogP contribution in [0.3, 0.4) is 0 Å². The van der Waals surface area contributed by atoms with Gasteiger partial charge in [-0.15, -0.1) is 4.74 Å². The largest absolute Gasteiger partial charge is 0.381 e. The summed E-state index contributed by atoms with van der Waals surface area (Å²) in [7, 11) is 0. The molecule has 0 aliphatic carbocycles.